The third-order valence-corrected chi connectivity index (χ3v) is 7.86. The van der Waals surface area contributed by atoms with E-state index in [1.807, 2.05) is 12.1 Å². The number of amides is 2. The number of carbonyl (C=O) groups is 2. The van der Waals surface area contributed by atoms with Gasteiger partial charge < -0.3 is 54.3 Å². The maximum absolute atomic E-state index is 13.1. The second kappa shape index (κ2) is 14.4. The van der Waals surface area contributed by atoms with Gasteiger partial charge in [-0.1, -0.05) is 60.7 Å². The highest BCUT2D eigenvalue weighted by molar-refractivity contribution is 5.69. The summed E-state index contributed by atoms with van der Waals surface area (Å²) in [6.07, 6.45) is -13.1. The van der Waals surface area contributed by atoms with Crippen molar-refractivity contribution in [3.05, 3.63) is 71.8 Å². The molecule has 43 heavy (non-hydrogen) atoms. The second-order valence-electron chi connectivity index (χ2n) is 11.0. The molecule has 2 aliphatic rings. The van der Waals surface area contributed by atoms with Gasteiger partial charge >= 0.3 is 12.2 Å². The van der Waals surface area contributed by atoms with E-state index >= 15 is 0 Å². The summed E-state index contributed by atoms with van der Waals surface area (Å²) in [5.41, 5.74) is 1.42. The van der Waals surface area contributed by atoms with Gasteiger partial charge in [-0.25, -0.2) is 9.59 Å². The zero-order chi connectivity index (χ0) is 31.3. The Hall–Kier alpha value is -3.30. The lowest BCUT2D eigenvalue weighted by atomic mass is 9.80. The average molecular weight is 605 g/mol. The van der Waals surface area contributed by atoms with Crippen LogP contribution in [0.25, 0.3) is 0 Å². The van der Waals surface area contributed by atoms with Gasteiger partial charge in [-0.3, -0.25) is 0 Å². The highest BCUT2D eigenvalue weighted by Gasteiger charge is 2.56. The highest BCUT2D eigenvalue weighted by atomic mass is 16.7. The fraction of sp³-hybridized carbons (Fsp3) is 0.533. The van der Waals surface area contributed by atoms with Crippen LogP contribution in [0.5, 0.6) is 0 Å². The van der Waals surface area contributed by atoms with Gasteiger partial charge in [0.2, 0.25) is 0 Å². The number of hydrogen-bond donors (Lipinski definition) is 5. The minimum absolute atomic E-state index is 0.0848. The minimum atomic E-state index is -1.74. The van der Waals surface area contributed by atoms with Crippen LogP contribution in [0.15, 0.2) is 60.7 Å². The molecule has 1 saturated heterocycles. The van der Waals surface area contributed by atoms with Crippen molar-refractivity contribution in [3.8, 4) is 0 Å². The van der Waals surface area contributed by atoms with E-state index in [1.165, 1.54) is 14.1 Å². The third kappa shape index (κ3) is 7.62. The minimum Gasteiger partial charge on any atom is -0.445 e. The van der Waals surface area contributed by atoms with Gasteiger partial charge in [0.15, 0.2) is 6.29 Å². The Morgan fingerprint density at radius 2 is 1.19 bits per heavy atom. The van der Waals surface area contributed by atoms with Gasteiger partial charge in [-0.05, 0) is 18.1 Å². The molecule has 8 atom stereocenters. The van der Waals surface area contributed by atoms with E-state index in [4.69, 9.17) is 18.9 Å². The van der Waals surface area contributed by atoms with Gasteiger partial charge in [-0.15, -0.1) is 0 Å². The Balaban J connectivity index is 1.57. The Morgan fingerprint density at radius 3 is 1.63 bits per heavy atom. The van der Waals surface area contributed by atoms with Crippen LogP contribution in [0.1, 0.15) is 24.5 Å². The number of rotatable bonds is 8. The number of hydrogen-bond acceptors (Lipinski definition) is 11. The summed E-state index contributed by atoms with van der Waals surface area (Å²) in [4.78, 5) is 28.1. The van der Waals surface area contributed by atoms with Crippen molar-refractivity contribution in [2.75, 3.05) is 14.1 Å². The fourth-order valence-electron chi connectivity index (χ4n) is 5.45. The van der Waals surface area contributed by atoms with E-state index in [1.54, 1.807) is 55.5 Å². The summed E-state index contributed by atoms with van der Waals surface area (Å²) in [5.74, 6) is 0. The Kier molecular flexibility index (Phi) is 11.0. The maximum Gasteiger partial charge on any atom is 0.410 e. The van der Waals surface area contributed by atoms with E-state index in [2.05, 4.69) is 0 Å². The quantitative estimate of drug-likeness (QED) is 0.285. The normalized spacial score (nSPS) is 32.5. The number of benzene rings is 2. The molecule has 2 amide bonds. The lowest BCUT2D eigenvalue weighted by Gasteiger charge is -2.51. The van der Waals surface area contributed by atoms with Gasteiger partial charge in [0.25, 0.3) is 0 Å². The molecule has 0 aromatic heterocycles. The summed E-state index contributed by atoms with van der Waals surface area (Å²) in [6.45, 7) is 1.48. The van der Waals surface area contributed by atoms with Crippen LogP contribution >= 0.6 is 0 Å². The molecule has 1 aliphatic heterocycles. The lowest BCUT2D eigenvalue weighted by molar-refractivity contribution is -0.310. The second-order valence-corrected chi connectivity index (χ2v) is 11.0. The molecule has 2 fully saturated rings. The molecule has 0 bridgehead atoms. The summed E-state index contributed by atoms with van der Waals surface area (Å²) < 4.78 is 22.2. The van der Waals surface area contributed by atoms with Crippen LogP contribution in [0, 0.1) is 0 Å². The molecule has 236 valence electrons. The average Bonchev–Trinajstić information content (AvgIpc) is 3.00. The highest BCUT2D eigenvalue weighted by Crippen LogP contribution is 2.33. The predicted octanol–water partition coefficient (Wildman–Crippen LogP) is 0.599. The fourth-order valence-corrected chi connectivity index (χ4v) is 5.45. The number of likely N-dealkylation sites (N-methyl/N-ethyl adjacent to an activating group) is 2. The van der Waals surface area contributed by atoms with Crippen LogP contribution in [-0.2, 0) is 32.2 Å². The summed E-state index contributed by atoms with van der Waals surface area (Å²) in [6, 6.07) is 14.9. The van der Waals surface area contributed by atoms with E-state index < -0.39 is 73.3 Å². The van der Waals surface area contributed by atoms with Gasteiger partial charge in [-0.2, -0.15) is 0 Å². The van der Waals surface area contributed by atoms with Crippen LogP contribution in [0.3, 0.4) is 0 Å². The molecule has 1 aliphatic carbocycles. The number of aliphatic hydroxyl groups excluding tert-OH is 5. The molecule has 8 unspecified atom stereocenters. The molecule has 13 nitrogen and oxygen atoms in total. The van der Waals surface area contributed by atoms with Crippen LogP contribution in [0.2, 0.25) is 0 Å². The summed E-state index contributed by atoms with van der Waals surface area (Å²) >= 11 is 0. The third-order valence-electron chi connectivity index (χ3n) is 7.86. The molecular formula is C30H40N2O11. The topological polar surface area (TPSA) is 179 Å². The number of ether oxygens (including phenoxy) is 4. The molecule has 2 aromatic carbocycles. The van der Waals surface area contributed by atoms with Crippen molar-refractivity contribution in [2.45, 2.75) is 87.7 Å². The molecule has 1 heterocycles. The first-order valence-electron chi connectivity index (χ1n) is 14.1. The van der Waals surface area contributed by atoms with E-state index in [-0.39, 0.29) is 19.6 Å². The maximum atomic E-state index is 13.1. The zero-order valence-corrected chi connectivity index (χ0v) is 24.2. The Morgan fingerprint density at radius 1 is 0.744 bits per heavy atom. The Labute approximate surface area is 249 Å². The van der Waals surface area contributed by atoms with E-state index in [0.717, 1.165) is 9.80 Å². The first kappa shape index (κ1) is 32.6. The monoisotopic (exact) mass is 604 g/mol. The molecular weight excluding hydrogens is 564 g/mol. The summed E-state index contributed by atoms with van der Waals surface area (Å²) in [7, 11) is 2.59. The van der Waals surface area contributed by atoms with E-state index in [9.17, 15) is 35.1 Å². The Bertz CT molecular complexity index is 1110. The first-order valence-corrected chi connectivity index (χ1v) is 14.1. The number of carbonyl (C=O) groups excluding carboxylic acids is 2. The largest absolute Gasteiger partial charge is 0.445 e. The van der Waals surface area contributed by atoms with Gasteiger partial charge in [0, 0.05) is 20.5 Å². The molecule has 13 heteroatoms. The SMILES string of the molecule is CC1CC(O)C(O)C(OC2C(O)C(N(C)C(=O)OCc3ccccc3)C(O)C(N(C)C(=O)OCc3ccccc3)C2O)O1. The molecule has 0 spiro atoms. The molecule has 4 rings (SSSR count). The van der Waals surface area contributed by atoms with Crippen molar-refractivity contribution in [1.82, 2.24) is 9.80 Å². The zero-order valence-electron chi connectivity index (χ0n) is 24.2. The first-order chi connectivity index (χ1) is 20.5. The number of aliphatic hydroxyl groups is 5. The molecule has 5 N–H and O–H groups in total. The van der Waals surface area contributed by atoms with Gasteiger partial charge in [0.1, 0.15) is 43.7 Å². The van der Waals surface area contributed by atoms with Crippen LogP contribution < -0.4 is 0 Å². The van der Waals surface area contributed by atoms with E-state index in [0.29, 0.717) is 11.1 Å². The van der Waals surface area contributed by atoms with Crippen molar-refractivity contribution >= 4 is 12.2 Å². The lowest BCUT2D eigenvalue weighted by Crippen LogP contribution is -2.73. The van der Waals surface area contributed by atoms with Crippen LogP contribution in [-0.4, -0.2) is 123 Å². The van der Waals surface area contributed by atoms with Crippen molar-refractivity contribution in [1.29, 1.82) is 0 Å². The molecule has 2 aromatic rings. The van der Waals surface area contributed by atoms with Gasteiger partial charge in [0.05, 0.1) is 24.3 Å². The molecule has 1 saturated carbocycles. The standard InChI is InChI=1S/C30H40N2O11/c1-17-14-20(33)23(34)28(42-17)43-27-25(36)21(31(2)29(38)40-15-18-10-6-4-7-11-18)24(35)22(26(27)37)32(3)30(39)41-16-19-12-8-5-9-13-19/h4-13,17,20-28,33-37H,14-16H2,1-3H3. The smallest absolute Gasteiger partial charge is 0.410 e. The van der Waals surface area contributed by atoms with Crippen LogP contribution in [0.4, 0.5) is 9.59 Å². The van der Waals surface area contributed by atoms with Crippen molar-refractivity contribution in [3.63, 3.8) is 0 Å². The summed E-state index contributed by atoms with van der Waals surface area (Å²) in [5, 5.41) is 55.0. The molecule has 0 radical (unpaired) electrons. The van der Waals surface area contributed by atoms with Crippen molar-refractivity contribution in [2.24, 2.45) is 0 Å². The van der Waals surface area contributed by atoms with Crippen molar-refractivity contribution < 1.29 is 54.1 Å². The predicted molar refractivity (Wildman–Crippen MR) is 150 cm³/mol. The number of nitrogens with zero attached hydrogens (tertiary/aromatic N) is 2.